The summed E-state index contributed by atoms with van der Waals surface area (Å²) < 4.78 is 2.57. The minimum Gasteiger partial charge on any atom is -0.310 e. The fourth-order valence-corrected chi connectivity index (χ4v) is 11.6. The molecule has 1 nitrogen and oxygen atoms in total. The average molecular weight is 808 g/mol. The first-order valence-corrected chi connectivity index (χ1v) is 22.2. The second-order valence-corrected chi connectivity index (χ2v) is 17.5. The third kappa shape index (κ3) is 5.54. The molecule has 0 fully saturated rings. The molecule has 1 aliphatic carbocycles. The van der Waals surface area contributed by atoms with Gasteiger partial charge in [-0.3, -0.25) is 0 Å². The molecule has 62 heavy (non-hydrogen) atoms. The van der Waals surface area contributed by atoms with Gasteiger partial charge in [-0.25, -0.2) is 0 Å². The van der Waals surface area contributed by atoms with Crippen molar-refractivity contribution in [1.29, 1.82) is 0 Å². The number of aryl methyl sites for hydroxylation is 1. The van der Waals surface area contributed by atoms with Gasteiger partial charge in [0.25, 0.3) is 0 Å². The molecule has 1 heterocycles. The number of fused-ring (bicyclic) bond motifs is 7. The maximum atomic E-state index is 2.50. The molecule has 0 saturated heterocycles. The van der Waals surface area contributed by atoms with Gasteiger partial charge in [-0.1, -0.05) is 188 Å². The number of anilines is 3. The minimum absolute atomic E-state index is 0.518. The zero-order chi connectivity index (χ0) is 41.2. The Morgan fingerprint density at radius 2 is 1.02 bits per heavy atom. The summed E-state index contributed by atoms with van der Waals surface area (Å²) >= 11 is 1.86. The van der Waals surface area contributed by atoms with Crippen molar-refractivity contribution in [3.05, 3.63) is 258 Å². The maximum absolute atomic E-state index is 2.50. The molecule has 0 N–H and O–H groups in total. The Labute approximate surface area is 366 Å². The van der Waals surface area contributed by atoms with Crippen molar-refractivity contribution in [1.82, 2.24) is 0 Å². The lowest BCUT2D eigenvalue weighted by Crippen LogP contribution is -2.28. The number of rotatable bonds is 7. The van der Waals surface area contributed by atoms with E-state index in [1.807, 2.05) is 11.3 Å². The van der Waals surface area contributed by atoms with Crippen LogP contribution in [0.5, 0.6) is 0 Å². The van der Waals surface area contributed by atoms with Crippen molar-refractivity contribution >= 4 is 59.3 Å². The zero-order valence-corrected chi connectivity index (χ0v) is 35.1. The Kier molecular flexibility index (Phi) is 8.55. The summed E-state index contributed by atoms with van der Waals surface area (Å²) in [6, 6.07) is 85.4. The van der Waals surface area contributed by atoms with Gasteiger partial charge in [0.15, 0.2) is 0 Å². The molecule has 0 bridgehead atoms. The molecule has 10 aromatic carbocycles. The lowest BCUT2D eigenvalue weighted by atomic mass is 9.67. The fraction of sp³-hybridized carbons (Fsp3) is 0.0333. The van der Waals surface area contributed by atoms with Crippen LogP contribution in [0.3, 0.4) is 0 Å². The highest BCUT2D eigenvalue weighted by Crippen LogP contribution is 2.58. The van der Waals surface area contributed by atoms with E-state index >= 15 is 0 Å². The van der Waals surface area contributed by atoms with E-state index in [-0.39, 0.29) is 0 Å². The standard InChI is InChI=1S/C60H41NS/c1-40-17-15-27-52-57(40)50-38-36-47(39-53(50)60(52,44-21-7-3-8-22-44)45-23-9-4-10-24-45)61(54-28-16-30-56-59(54)51-26-13-14-29-55(51)62-56)46-34-31-42(32-35-46)49-37-33-41-18-11-12-25-48(41)58(49)43-19-5-2-6-20-43/h2-39H,1H3. The van der Waals surface area contributed by atoms with Gasteiger partial charge in [-0.2, -0.15) is 0 Å². The van der Waals surface area contributed by atoms with Gasteiger partial charge in [0.2, 0.25) is 0 Å². The average Bonchev–Trinajstić information content (AvgIpc) is 3.87. The lowest BCUT2D eigenvalue weighted by molar-refractivity contribution is 0.768. The summed E-state index contributed by atoms with van der Waals surface area (Å²) in [5, 5.41) is 5.05. The largest absolute Gasteiger partial charge is 0.310 e. The highest BCUT2D eigenvalue weighted by molar-refractivity contribution is 7.26. The van der Waals surface area contributed by atoms with Crippen LogP contribution in [0.4, 0.5) is 17.1 Å². The highest BCUT2D eigenvalue weighted by Gasteiger charge is 2.47. The van der Waals surface area contributed by atoms with Crippen LogP contribution >= 0.6 is 11.3 Å². The van der Waals surface area contributed by atoms with Crippen molar-refractivity contribution in [2.75, 3.05) is 4.90 Å². The number of nitrogens with zero attached hydrogens (tertiary/aromatic N) is 1. The zero-order valence-electron chi connectivity index (χ0n) is 34.3. The van der Waals surface area contributed by atoms with Crippen LogP contribution in [-0.2, 0) is 5.41 Å². The molecule has 0 aliphatic heterocycles. The van der Waals surface area contributed by atoms with Gasteiger partial charge in [0.1, 0.15) is 0 Å². The molecular weight excluding hydrogens is 767 g/mol. The van der Waals surface area contributed by atoms with Gasteiger partial charge in [0.05, 0.1) is 11.1 Å². The van der Waals surface area contributed by atoms with Crippen LogP contribution in [0.2, 0.25) is 0 Å². The summed E-state index contributed by atoms with van der Waals surface area (Å²) in [5.41, 5.74) is 16.8. The summed E-state index contributed by atoms with van der Waals surface area (Å²) in [5.74, 6) is 0. The molecule has 12 rings (SSSR count). The lowest BCUT2D eigenvalue weighted by Gasteiger charge is -2.35. The van der Waals surface area contributed by atoms with Crippen LogP contribution in [0.25, 0.3) is 64.3 Å². The Morgan fingerprint density at radius 3 is 1.77 bits per heavy atom. The van der Waals surface area contributed by atoms with Crippen LogP contribution < -0.4 is 4.90 Å². The van der Waals surface area contributed by atoms with E-state index < -0.39 is 5.41 Å². The number of thiophene rings is 1. The smallest absolute Gasteiger partial charge is 0.0714 e. The molecular formula is C60H41NS. The highest BCUT2D eigenvalue weighted by atomic mass is 32.1. The molecule has 0 spiro atoms. The summed E-state index contributed by atoms with van der Waals surface area (Å²) in [7, 11) is 0. The first kappa shape index (κ1) is 36.3. The molecule has 11 aromatic rings. The van der Waals surface area contributed by atoms with Crippen LogP contribution in [0, 0.1) is 6.92 Å². The van der Waals surface area contributed by atoms with E-state index in [0.717, 1.165) is 11.4 Å². The van der Waals surface area contributed by atoms with Crippen molar-refractivity contribution in [2.45, 2.75) is 12.3 Å². The second kappa shape index (κ2) is 14.6. The number of benzene rings is 10. The third-order valence-corrected chi connectivity index (χ3v) is 14.2. The Bertz CT molecular complexity index is 3420. The number of hydrogen-bond donors (Lipinski definition) is 0. The Morgan fingerprint density at radius 1 is 0.403 bits per heavy atom. The molecule has 0 atom stereocenters. The summed E-state index contributed by atoms with van der Waals surface area (Å²) in [4.78, 5) is 2.50. The molecule has 0 radical (unpaired) electrons. The first-order valence-electron chi connectivity index (χ1n) is 21.4. The molecule has 1 aromatic heterocycles. The predicted molar refractivity (Wildman–Crippen MR) is 264 cm³/mol. The predicted octanol–water partition coefficient (Wildman–Crippen LogP) is 16.7. The second-order valence-electron chi connectivity index (χ2n) is 16.4. The van der Waals surface area contributed by atoms with Gasteiger partial charge in [0, 0.05) is 31.5 Å². The molecule has 1 aliphatic rings. The normalized spacial score (nSPS) is 12.7. The first-order chi connectivity index (χ1) is 30.7. The fourth-order valence-electron chi connectivity index (χ4n) is 10.4. The third-order valence-electron chi connectivity index (χ3n) is 13.1. The van der Waals surface area contributed by atoms with Crippen LogP contribution in [-0.4, -0.2) is 0 Å². The molecule has 0 saturated carbocycles. The summed E-state index contributed by atoms with van der Waals surface area (Å²) in [6.45, 7) is 2.26. The van der Waals surface area contributed by atoms with E-state index in [1.165, 1.54) is 97.8 Å². The SMILES string of the molecule is Cc1cccc2c1-c1ccc(N(c3ccc(-c4ccc5ccccc5c4-c4ccccc4)cc3)c3cccc4sc5ccccc5c34)cc1C2(c1ccccc1)c1ccccc1. The van der Waals surface area contributed by atoms with Crippen molar-refractivity contribution in [3.8, 4) is 33.4 Å². The number of hydrogen-bond acceptors (Lipinski definition) is 2. The van der Waals surface area contributed by atoms with Crippen molar-refractivity contribution in [2.24, 2.45) is 0 Å². The molecule has 0 amide bonds. The van der Waals surface area contributed by atoms with E-state index in [9.17, 15) is 0 Å². The Hall–Kier alpha value is -7.52. The van der Waals surface area contributed by atoms with E-state index in [2.05, 4.69) is 242 Å². The topological polar surface area (TPSA) is 3.24 Å². The van der Waals surface area contributed by atoms with Crippen molar-refractivity contribution < 1.29 is 0 Å². The van der Waals surface area contributed by atoms with Gasteiger partial charge in [-0.05, 0) is 121 Å². The molecule has 0 unspecified atom stereocenters. The molecule has 2 heteroatoms. The van der Waals surface area contributed by atoms with E-state index in [1.54, 1.807) is 0 Å². The van der Waals surface area contributed by atoms with E-state index in [0.29, 0.717) is 0 Å². The monoisotopic (exact) mass is 807 g/mol. The van der Waals surface area contributed by atoms with Crippen molar-refractivity contribution in [3.63, 3.8) is 0 Å². The van der Waals surface area contributed by atoms with Crippen LogP contribution in [0.1, 0.15) is 27.8 Å². The van der Waals surface area contributed by atoms with Crippen LogP contribution in [0.15, 0.2) is 231 Å². The van der Waals surface area contributed by atoms with Gasteiger partial charge in [-0.15, -0.1) is 11.3 Å². The molecule has 292 valence electrons. The van der Waals surface area contributed by atoms with Gasteiger partial charge >= 0.3 is 0 Å². The maximum Gasteiger partial charge on any atom is 0.0714 e. The minimum atomic E-state index is -0.518. The summed E-state index contributed by atoms with van der Waals surface area (Å²) in [6.07, 6.45) is 0. The van der Waals surface area contributed by atoms with Gasteiger partial charge < -0.3 is 4.90 Å². The Balaban J connectivity index is 1.11. The quantitative estimate of drug-likeness (QED) is 0.155. The van der Waals surface area contributed by atoms with E-state index in [4.69, 9.17) is 0 Å².